The number of halogens is 3. The monoisotopic (exact) mass is 658 g/mol. The number of fused-ring (bicyclic) bond motifs is 1. The van der Waals surface area contributed by atoms with Crippen LogP contribution < -0.4 is 20.7 Å². The van der Waals surface area contributed by atoms with E-state index in [2.05, 4.69) is 20.4 Å². The SMILES string of the molecule is CCc1c(N2CCN(C(=O)C3=NCN(C)C(C)=C3O)CC2)c(=O)n2nc(N(C)C)nc2n1CC(=O)Nc1ccc(C(F)(F)F)cc1C. The lowest BCUT2D eigenvalue weighted by molar-refractivity contribution is -0.137. The number of carbonyl (C=O) groups excluding carboxylic acids is 2. The fourth-order valence-electron chi connectivity index (χ4n) is 5.58. The van der Waals surface area contributed by atoms with Gasteiger partial charge in [0, 0.05) is 53.0 Å². The number of carbonyl (C=O) groups is 2. The Balaban J connectivity index is 1.45. The molecule has 0 atom stereocenters. The number of aryl methyl sites for hydroxylation is 1. The van der Waals surface area contributed by atoms with Gasteiger partial charge in [-0.05, 0) is 44.0 Å². The molecule has 5 rings (SSSR count). The third-order valence-electron chi connectivity index (χ3n) is 8.35. The molecular weight excluding hydrogens is 621 g/mol. The van der Waals surface area contributed by atoms with Gasteiger partial charge in [-0.2, -0.15) is 22.7 Å². The minimum atomic E-state index is -4.52. The number of rotatable bonds is 7. The zero-order valence-electron chi connectivity index (χ0n) is 27.0. The molecule has 0 aliphatic carbocycles. The summed E-state index contributed by atoms with van der Waals surface area (Å²) in [5.41, 5.74) is 0.558. The summed E-state index contributed by atoms with van der Waals surface area (Å²) < 4.78 is 42.2. The Morgan fingerprint density at radius 2 is 1.79 bits per heavy atom. The van der Waals surface area contributed by atoms with Crippen molar-refractivity contribution < 1.29 is 27.9 Å². The van der Waals surface area contributed by atoms with E-state index in [-0.39, 0.29) is 73.8 Å². The standard InChI is InChI=1S/C30H37F3N10O4/c1-7-21-24(40-10-12-41(13-11-40)26(46)23-25(45)18(3)39(6)16-34-23)27(47)43-29(36-28(37-43)38(4)5)42(21)15-22(44)35-20-9-8-19(14-17(20)2)30(31,32)33/h8-9,14,45H,7,10-13,15-16H2,1-6H3,(H,35,44). The molecule has 2 aromatic heterocycles. The molecule has 17 heteroatoms. The van der Waals surface area contributed by atoms with Crippen molar-refractivity contribution in [3.05, 3.63) is 56.8 Å². The molecule has 0 unspecified atom stereocenters. The van der Waals surface area contributed by atoms with Crippen LogP contribution >= 0.6 is 0 Å². The van der Waals surface area contributed by atoms with E-state index < -0.39 is 29.1 Å². The van der Waals surface area contributed by atoms with Gasteiger partial charge in [-0.1, -0.05) is 6.92 Å². The molecule has 2 N–H and O–H groups in total. The van der Waals surface area contributed by atoms with Crippen molar-refractivity contribution >= 4 is 40.6 Å². The van der Waals surface area contributed by atoms with Crippen LogP contribution in [-0.4, -0.2) is 106 Å². The smallest absolute Gasteiger partial charge is 0.416 e. The van der Waals surface area contributed by atoms with Crippen molar-refractivity contribution in [1.29, 1.82) is 0 Å². The molecule has 2 aliphatic heterocycles. The number of aromatic nitrogens is 4. The topological polar surface area (TPSA) is 144 Å². The van der Waals surface area contributed by atoms with Crippen molar-refractivity contribution in [1.82, 2.24) is 29.0 Å². The Bertz CT molecular complexity index is 1850. The largest absolute Gasteiger partial charge is 0.504 e. The highest BCUT2D eigenvalue weighted by Crippen LogP contribution is 2.32. The lowest BCUT2D eigenvalue weighted by atomic mass is 10.1. The van der Waals surface area contributed by atoms with E-state index in [0.717, 1.165) is 16.6 Å². The van der Waals surface area contributed by atoms with Crippen molar-refractivity contribution in [2.24, 2.45) is 4.99 Å². The van der Waals surface area contributed by atoms with E-state index in [1.54, 1.807) is 47.3 Å². The van der Waals surface area contributed by atoms with Gasteiger partial charge in [0.1, 0.15) is 18.9 Å². The predicted molar refractivity (Wildman–Crippen MR) is 170 cm³/mol. The number of piperazine rings is 1. The first-order chi connectivity index (χ1) is 22.1. The van der Waals surface area contributed by atoms with Gasteiger partial charge < -0.3 is 34.6 Å². The highest BCUT2D eigenvalue weighted by Gasteiger charge is 2.33. The second kappa shape index (κ2) is 12.6. The quantitative estimate of drug-likeness (QED) is 0.391. The Morgan fingerprint density at radius 3 is 2.38 bits per heavy atom. The van der Waals surface area contributed by atoms with Gasteiger partial charge in [-0.25, -0.2) is 0 Å². The van der Waals surface area contributed by atoms with Gasteiger partial charge in [-0.3, -0.25) is 19.4 Å². The van der Waals surface area contributed by atoms with Crippen LogP contribution in [0, 0.1) is 6.92 Å². The first kappa shape index (κ1) is 33.3. The summed E-state index contributed by atoms with van der Waals surface area (Å²) in [5.74, 6) is -0.733. The molecule has 1 saturated heterocycles. The fraction of sp³-hybridized carbons (Fsp3) is 0.467. The lowest BCUT2D eigenvalue weighted by Crippen LogP contribution is -2.53. The summed E-state index contributed by atoms with van der Waals surface area (Å²) >= 11 is 0. The summed E-state index contributed by atoms with van der Waals surface area (Å²) in [6.45, 7) is 6.01. The summed E-state index contributed by atoms with van der Waals surface area (Å²) in [7, 11) is 5.19. The highest BCUT2D eigenvalue weighted by molar-refractivity contribution is 6.44. The van der Waals surface area contributed by atoms with E-state index in [9.17, 15) is 32.7 Å². The molecule has 14 nitrogen and oxygen atoms in total. The van der Waals surface area contributed by atoms with Crippen LogP contribution in [-0.2, 0) is 28.7 Å². The minimum Gasteiger partial charge on any atom is -0.504 e. The molecule has 1 aromatic carbocycles. The fourth-order valence-corrected chi connectivity index (χ4v) is 5.58. The molecule has 0 spiro atoms. The van der Waals surface area contributed by atoms with Gasteiger partial charge >= 0.3 is 6.18 Å². The van der Waals surface area contributed by atoms with Crippen molar-refractivity contribution in [2.75, 3.05) is 69.1 Å². The first-order valence-electron chi connectivity index (χ1n) is 15.0. The first-order valence-corrected chi connectivity index (χ1v) is 15.0. The van der Waals surface area contributed by atoms with Crippen LogP contribution in [0.25, 0.3) is 5.78 Å². The zero-order chi connectivity index (χ0) is 34.4. The molecule has 0 bridgehead atoms. The number of nitrogens with one attached hydrogen (secondary N) is 1. The number of aliphatic hydroxyl groups is 1. The molecule has 252 valence electrons. The van der Waals surface area contributed by atoms with Gasteiger partial charge in [0.25, 0.3) is 11.5 Å². The van der Waals surface area contributed by atoms with Crippen LogP contribution in [0.4, 0.5) is 30.5 Å². The summed E-state index contributed by atoms with van der Waals surface area (Å²) in [6, 6.07) is 3.08. The van der Waals surface area contributed by atoms with E-state index in [1.165, 1.54) is 13.0 Å². The third kappa shape index (κ3) is 6.33. The molecule has 1 fully saturated rings. The molecule has 2 amide bonds. The number of aliphatic imine (C=N–C) groups is 1. The molecule has 3 aromatic rings. The van der Waals surface area contributed by atoms with Crippen LogP contribution in [0.1, 0.15) is 30.7 Å². The van der Waals surface area contributed by atoms with E-state index >= 15 is 0 Å². The Hall–Kier alpha value is -5.09. The van der Waals surface area contributed by atoms with Crippen LogP contribution in [0.15, 0.2) is 39.4 Å². The van der Waals surface area contributed by atoms with Crippen LogP contribution in [0.5, 0.6) is 0 Å². The highest BCUT2D eigenvalue weighted by atomic mass is 19.4. The van der Waals surface area contributed by atoms with Gasteiger partial charge in [0.15, 0.2) is 11.5 Å². The summed E-state index contributed by atoms with van der Waals surface area (Å²) in [5, 5.41) is 17.6. The minimum absolute atomic E-state index is 0.000183. The number of aliphatic hydroxyl groups excluding tert-OH is 1. The van der Waals surface area contributed by atoms with Crippen molar-refractivity contribution in [3.8, 4) is 0 Å². The third-order valence-corrected chi connectivity index (χ3v) is 8.35. The van der Waals surface area contributed by atoms with E-state index in [0.29, 0.717) is 23.5 Å². The van der Waals surface area contributed by atoms with Crippen LogP contribution in [0.2, 0.25) is 0 Å². The molecule has 0 saturated carbocycles. The summed E-state index contributed by atoms with van der Waals surface area (Å²) in [6.07, 6.45) is -4.18. The number of alkyl halides is 3. The second-order valence-corrected chi connectivity index (χ2v) is 11.7. The lowest BCUT2D eigenvalue weighted by Gasteiger charge is -2.37. The number of hydrogen-bond donors (Lipinski definition) is 2. The normalized spacial score (nSPS) is 15.8. The molecule has 47 heavy (non-hydrogen) atoms. The molecule has 0 radical (unpaired) electrons. The van der Waals surface area contributed by atoms with Gasteiger partial charge in [0.2, 0.25) is 17.6 Å². The summed E-state index contributed by atoms with van der Waals surface area (Å²) in [4.78, 5) is 56.1. The average molecular weight is 659 g/mol. The predicted octanol–water partition coefficient (Wildman–Crippen LogP) is 2.27. The van der Waals surface area contributed by atoms with Crippen molar-refractivity contribution in [3.63, 3.8) is 0 Å². The maximum Gasteiger partial charge on any atom is 0.416 e. The molecular formula is C30H37F3N10O4. The van der Waals surface area contributed by atoms with Gasteiger partial charge in [-0.15, -0.1) is 5.10 Å². The van der Waals surface area contributed by atoms with Crippen LogP contribution in [0.3, 0.4) is 0 Å². The Kier molecular flexibility index (Phi) is 8.92. The number of nitrogens with zero attached hydrogens (tertiary/aromatic N) is 9. The maximum absolute atomic E-state index is 14.0. The number of amides is 2. The average Bonchev–Trinajstić information content (AvgIpc) is 3.48. The Labute approximate surface area is 268 Å². The van der Waals surface area contributed by atoms with Gasteiger partial charge in [0.05, 0.1) is 17.0 Å². The van der Waals surface area contributed by atoms with E-state index in [4.69, 9.17) is 0 Å². The van der Waals surface area contributed by atoms with Crippen molar-refractivity contribution in [2.45, 2.75) is 39.9 Å². The number of benzene rings is 1. The van der Waals surface area contributed by atoms with E-state index in [1.807, 2.05) is 11.8 Å². The maximum atomic E-state index is 14.0. The molecule has 4 heterocycles. The molecule has 2 aliphatic rings. The number of allylic oxidation sites excluding steroid dienone is 1. The second-order valence-electron chi connectivity index (χ2n) is 11.7. The zero-order valence-corrected chi connectivity index (χ0v) is 27.0. The number of anilines is 3. The number of hydrogen-bond acceptors (Lipinski definition) is 10. The Morgan fingerprint density at radius 1 is 1.11 bits per heavy atom.